The summed E-state index contributed by atoms with van der Waals surface area (Å²) < 4.78 is 3.29. The molecule has 2 aromatic carbocycles. The van der Waals surface area contributed by atoms with Gasteiger partial charge in [-0.1, -0.05) is 42.1 Å². The van der Waals surface area contributed by atoms with Crippen LogP contribution >= 0.6 is 15.9 Å². The van der Waals surface area contributed by atoms with Crippen molar-refractivity contribution in [1.82, 2.24) is 14.4 Å². The van der Waals surface area contributed by atoms with E-state index in [0.717, 1.165) is 44.2 Å². The van der Waals surface area contributed by atoms with E-state index in [4.69, 9.17) is 9.97 Å². The fourth-order valence-corrected chi connectivity index (χ4v) is 5.78. The number of hydrogen-bond donors (Lipinski definition) is 0. The number of imidazole rings is 1. The van der Waals surface area contributed by atoms with Crippen LogP contribution < -0.4 is 0 Å². The molecule has 0 N–H and O–H groups in total. The Morgan fingerprint density at radius 3 is 2.34 bits per heavy atom. The number of halogens is 1. The van der Waals surface area contributed by atoms with Gasteiger partial charge in [-0.2, -0.15) is 0 Å². The normalized spacial score (nSPS) is 21.0. The second-order valence-electron chi connectivity index (χ2n) is 9.52. The molecule has 4 aromatic rings. The van der Waals surface area contributed by atoms with Crippen molar-refractivity contribution in [2.24, 2.45) is 0 Å². The molecule has 0 saturated heterocycles. The molecular weight excluding hydrogens is 602 g/mol. The Balaban J connectivity index is 0.00000181. The van der Waals surface area contributed by atoms with Gasteiger partial charge in [0.15, 0.2) is 0 Å². The van der Waals surface area contributed by atoms with Crippen molar-refractivity contribution >= 4 is 43.5 Å². The van der Waals surface area contributed by atoms with Gasteiger partial charge in [-0.25, -0.2) is 0 Å². The van der Waals surface area contributed by atoms with Gasteiger partial charge in [-0.05, 0) is 70.8 Å². The molecule has 2 heterocycles. The van der Waals surface area contributed by atoms with Gasteiger partial charge in [-0.15, -0.1) is 18.2 Å². The molecule has 1 saturated carbocycles. The number of rotatable bonds is 0. The molecule has 151 valence electrons. The largest absolute Gasteiger partial charge is 0.321 e. The molecule has 0 amide bonds. The van der Waals surface area contributed by atoms with Gasteiger partial charge < -0.3 is 4.40 Å². The Labute approximate surface area is 192 Å². The second kappa shape index (κ2) is 6.60. The third-order valence-corrected chi connectivity index (χ3v) is 7.35. The minimum Gasteiger partial charge on any atom is -0.321 e. The number of fused-ring (bicyclic) bond motifs is 7. The topological polar surface area (TPSA) is 30.2 Å². The average molecular weight is 626 g/mol. The maximum absolute atomic E-state index is 5.12. The molecule has 5 heteroatoms. The maximum Gasteiger partial charge on any atom is 0.102 e. The summed E-state index contributed by atoms with van der Waals surface area (Å²) in [4.78, 5) is 10.2. The van der Waals surface area contributed by atoms with E-state index in [1.807, 2.05) is 12.1 Å². The van der Waals surface area contributed by atoms with Crippen LogP contribution in [0.1, 0.15) is 75.2 Å². The van der Waals surface area contributed by atoms with Crippen LogP contribution in [0.2, 0.25) is 0 Å². The molecule has 3 aliphatic rings. The molecule has 1 radical (unpaired) electrons. The molecule has 3 aliphatic carbocycles. The van der Waals surface area contributed by atoms with Crippen molar-refractivity contribution in [1.29, 1.82) is 0 Å². The van der Waals surface area contributed by atoms with Gasteiger partial charge in [-0.3, -0.25) is 9.97 Å². The monoisotopic (exact) mass is 625 g/mol. The minimum atomic E-state index is -0.0930. The summed E-state index contributed by atoms with van der Waals surface area (Å²) in [6, 6.07) is 12.2. The first kappa shape index (κ1) is 19.7. The Hall–Kier alpha value is -1.29. The molecule has 2 bridgehead atoms. The summed E-state index contributed by atoms with van der Waals surface area (Å²) in [5.74, 6) is 2.51. The quantitative estimate of drug-likeness (QED) is 0.205. The van der Waals surface area contributed by atoms with Crippen LogP contribution in [-0.4, -0.2) is 14.4 Å². The van der Waals surface area contributed by atoms with E-state index >= 15 is 0 Å². The summed E-state index contributed by atoms with van der Waals surface area (Å²) in [5, 5.41) is 0.986. The van der Waals surface area contributed by atoms with Crippen molar-refractivity contribution in [3.63, 3.8) is 0 Å². The van der Waals surface area contributed by atoms with E-state index in [1.54, 1.807) is 11.1 Å². The Bertz CT molecular complexity index is 1280. The van der Waals surface area contributed by atoms with E-state index in [0.29, 0.717) is 0 Å². The van der Waals surface area contributed by atoms with Gasteiger partial charge in [0.2, 0.25) is 0 Å². The van der Waals surface area contributed by atoms with Crippen LogP contribution in [0.3, 0.4) is 0 Å². The van der Waals surface area contributed by atoms with Gasteiger partial charge in [0.1, 0.15) is 5.82 Å². The standard InChI is InChI=1S/C24H23BrN3.Ir/c1-24(2,3)23-27-21-15(5-4-6-18(21)25)22-26-19-11-16-13-7-9-14(10-8-13)17(16)12-20(19)28(22)23;/h4,6,11-14H,7-10H2,1-3H3;/q-1;. The number of aromatic nitrogens is 3. The summed E-state index contributed by atoms with van der Waals surface area (Å²) in [6.07, 6.45) is 5.37. The molecular formula is C24H23BrIrN3-. The maximum atomic E-state index is 5.12. The van der Waals surface area contributed by atoms with Gasteiger partial charge in [0.05, 0.1) is 16.7 Å². The smallest absolute Gasteiger partial charge is 0.102 e. The van der Waals surface area contributed by atoms with E-state index in [1.165, 1.54) is 31.2 Å². The molecule has 0 unspecified atom stereocenters. The molecule has 2 aromatic heterocycles. The Morgan fingerprint density at radius 2 is 1.69 bits per heavy atom. The zero-order chi connectivity index (χ0) is 19.2. The summed E-state index contributed by atoms with van der Waals surface area (Å²) in [5.41, 5.74) is 7.24. The van der Waals surface area contributed by atoms with Crippen LogP contribution in [0.15, 0.2) is 28.7 Å². The first-order valence-corrected chi connectivity index (χ1v) is 11.1. The molecule has 1 fully saturated rings. The Kier molecular flexibility index (Phi) is 4.48. The fourth-order valence-electron chi connectivity index (χ4n) is 5.36. The predicted octanol–water partition coefficient (Wildman–Crippen LogP) is 6.65. The SMILES string of the molecule is CC(C)(C)c1nc2c(Br)cc[c-]c2c2nc3cc4c(cc3n12)C1CCC4CC1.[Ir]. The summed E-state index contributed by atoms with van der Waals surface area (Å²) >= 11 is 3.69. The van der Waals surface area contributed by atoms with Crippen LogP contribution in [0.4, 0.5) is 0 Å². The van der Waals surface area contributed by atoms with Crippen LogP contribution in [0, 0.1) is 6.07 Å². The van der Waals surface area contributed by atoms with Crippen molar-refractivity contribution in [2.75, 3.05) is 0 Å². The zero-order valence-corrected chi connectivity index (χ0v) is 20.8. The van der Waals surface area contributed by atoms with E-state index in [-0.39, 0.29) is 25.5 Å². The van der Waals surface area contributed by atoms with Crippen LogP contribution in [0.5, 0.6) is 0 Å². The summed E-state index contributed by atoms with van der Waals surface area (Å²) in [7, 11) is 0. The number of benzene rings is 2. The molecule has 29 heavy (non-hydrogen) atoms. The van der Waals surface area contributed by atoms with Gasteiger partial charge in [0, 0.05) is 25.5 Å². The first-order chi connectivity index (χ1) is 13.4. The molecule has 0 atom stereocenters. The van der Waals surface area contributed by atoms with Crippen molar-refractivity contribution in [2.45, 2.75) is 63.7 Å². The van der Waals surface area contributed by atoms with E-state index < -0.39 is 0 Å². The Morgan fingerprint density at radius 1 is 1.03 bits per heavy atom. The summed E-state index contributed by atoms with van der Waals surface area (Å²) in [6.45, 7) is 6.69. The fraction of sp³-hybridized carbons (Fsp3) is 0.417. The van der Waals surface area contributed by atoms with Gasteiger partial charge in [0.25, 0.3) is 0 Å². The first-order valence-electron chi connectivity index (χ1n) is 10.3. The molecule has 0 aliphatic heterocycles. The third kappa shape index (κ3) is 2.77. The van der Waals surface area contributed by atoms with Crippen LogP contribution in [0.25, 0.3) is 27.6 Å². The molecule has 3 nitrogen and oxygen atoms in total. The number of nitrogens with zero attached hydrogens (tertiary/aromatic N) is 3. The zero-order valence-electron chi connectivity index (χ0n) is 16.8. The average Bonchev–Trinajstić information content (AvgIpc) is 3.05. The number of hydrogen-bond acceptors (Lipinski definition) is 2. The molecule has 7 rings (SSSR count). The van der Waals surface area contributed by atoms with Crippen molar-refractivity contribution in [3.8, 4) is 0 Å². The van der Waals surface area contributed by atoms with Crippen molar-refractivity contribution in [3.05, 3.63) is 51.8 Å². The minimum absolute atomic E-state index is 0. The van der Waals surface area contributed by atoms with E-state index in [9.17, 15) is 0 Å². The predicted molar refractivity (Wildman–Crippen MR) is 117 cm³/mol. The van der Waals surface area contributed by atoms with Gasteiger partial charge >= 0.3 is 0 Å². The van der Waals surface area contributed by atoms with E-state index in [2.05, 4.69) is 59.3 Å². The second-order valence-corrected chi connectivity index (χ2v) is 10.4. The third-order valence-electron chi connectivity index (χ3n) is 6.71. The molecule has 0 spiro atoms. The van der Waals surface area contributed by atoms with Crippen molar-refractivity contribution < 1.29 is 20.1 Å². The van der Waals surface area contributed by atoms with Crippen LogP contribution in [-0.2, 0) is 25.5 Å².